The fourth-order valence-electron chi connectivity index (χ4n) is 1.56. The summed E-state index contributed by atoms with van der Waals surface area (Å²) >= 11 is 6.02. The molecule has 102 valence electrons. The molecule has 1 rings (SSSR count). The van der Waals surface area contributed by atoms with E-state index in [0.717, 1.165) is 6.08 Å². The van der Waals surface area contributed by atoms with E-state index in [1.165, 1.54) is 13.0 Å². The van der Waals surface area contributed by atoms with Crippen molar-refractivity contribution in [1.29, 1.82) is 0 Å². The first kappa shape index (κ1) is 15.2. The van der Waals surface area contributed by atoms with Gasteiger partial charge in [0.15, 0.2) is 5.78 Å². The maximum absolute atomic E-state index is 11.3. The Kier molecular flexibility index (Phi) is 5.57. The highest BCUT2D eigenvalue weighted by molar-refractivity contribution is 6.31. The Labute approximate surface area is 116 Å². The van der Waals surface area contributed by atoms with E-state index in [4.69, 9.17) is 21.4 Å². The molecular weight excluding hydrogens is 268 g/mol. The third-order valence-electron chi connectivity index (χ3n) is 2.40. The number of ether oxygens (including phenoxy) is 1. The zero-order valence-corrected chi connectivity index (χ0v) is 11.5. The summed E-state index contributed by atoms with van der Waals surface area (Å²) in [5, 5.41) is 7.87. The number of hydrogen-bond acceptors (Lipinski definition) is 3. The number of aliphatic carboxylic acids is 1. The molecule has 0 aliphatic carbocycles. The SMILES string of the molecule is CCOc1ccc(C(Cl)C(C)=O)c(C=CC(=O)O)c1. The van der Waals surface area contributed by atoms with Gasteiger partial charge in [-0.15, -0.1) is 11.6 Å². The van der Waals surface area contributed by atoms with Crippen LogP contribution >= 0.6 is 11.6 Å². The van der Waals surface area contributed by atoms with Crippen molar-refractivity contribution in [1.82, 2.24) is 0 Å². The molecule has 0 bridgehead atoms. The number of carboxylic acids is 1. The quantitative estimate of drug-likeness (QED) is 0.643. The molecule has 0 heterocycles. The second-order valence-electron chi connectivity index (χ2n) is 3.87. The van der Waals surface area contributed by atoms with Crippen LogP contribution in [0.4, 0.5) is 0 Å². The van der Waals surface area contributed by atoms with Gasteiger partial charge in [-0.2, -0.15) is 0 Å². The van der Waals surface area contributed by atoms with Gasteiger partial charge >= 0.3 is 5.97 Å². The third-order valence-corrected chi connectivity index (χ3v) is 2.95. The Morgan fingerprint density at radius 3 is 2.68 bits per heavy atom. The first-order valence-corrected chi connectivity index (χ1v) is 6.21. The largest absolute Gasteiger partial charge is 0.494 e. The number of Topliss-reactive ketones (excluding diaryl/α,β-unsaturated/α-hetero) is 1. The van der Waals surface area contributed by atoms with Crippen molar-refractivity contribution in [2.45, 2.75) is 19.2 Å². The summed E-state index contributed by atoms with van der Waals surface area (Å²) in [4.78, 5) is 21.9. The van der Waals surface area contributed by atoms with E-state index in [0.29, 0.717) is 23.5 Å². The summed E-state index contributed by atoms with van der Waals surface area (Å²) in [7, 11) is 0. The molecule has 0 spiro atoms. The minimum absolute atomic E-state index is 0.198. The number of carboxylic acid groups (broad SMARTS) is 1. The highest BCUT2D eigenvalue weighted by Gasteiger charge is 2.16. The maximum Gasteiger partial charge on any atom is 0.328 e. The van der Waals surface area contributed by atoms with Crippen molar-refractivity contribution < 1.29 is 19.4 Å². The van der Waals surface area contributed by atoms with Gasteiger partial charge in [-0.1, -0.05) is 6.07 Å². The molecule has 0 saturated carbocycles. The fraction of sp³-hybridized carbons (Fsp3) is 0.286. The van der Waals surface area contributed by atoms with Crippen LogP contribution in [0.2, 0.25) is 0 Å². The molecule has 0 radical (unpaired) electrons. The van der Waals surface area contributed by atoms with Crippen molar-refractivity contribution in [2.75, 3.05) is 6.61 Å². The second kappa shape index (κ2) is 6.95. The summed E-state index contributed by atoms with van der Waals surface area (Å²) in [6, 6.07) is 5.04. The van der Waals surface area contributed by atoms with Gasteiger partial charge in [0.2, 0.25) is 0 Å². The van der Waals surface area contributed by atoms with Crippen LogP contribution in [0, 0.1) is 0 Å². The number of carbonyl (C=O) groups excluding carboxylic acids is 1. The summed E-state index contributed by atoms with van der Waals surface area (Å²) in [6.45, 7) is 3.73. The van der Waals surface area contributed by atoms with Crippen LogP contribution < -0.4 is 4.74 Å². The smallest absolute Gasteiger partial charge is 0.328 e. The molecule has 0 aliphatic heterocycles. The number of hydrogen-bond donors (Lipinski definition) is 1. The molecule has 1 aromatic rings. The summed E-state index contributed by atoms with van der Waals surface area (Å²) < 4.78 is 5.34. The number of halogens is 1. The Morgan fingerprint density at radius 2 is 2.16 bits per heavy atom. The van der Waals surface area contributed by atoms with Gasteiger partial charge in [0.1, 0.15) is 11.1 Å². The number of rotatable bonds is 6. The molecule has 4 nitrogen and oxygen atoms in total. The van der Waals surface area contributed by atoms with Crippen molar-refractivity contribution in [2.24, 2.45) is 0 Å². The molecule has 1 aromatic carbocycles. The minimum Gasteiger partial charge on any atom is -0.494 e. The van der Waals surface area contributed by atoms with E-state index in [1.54, 1.807) is 18.2 Å². The molecule has 1 N–H and O–H groups in total. The van der Waals surface area contributed by atoms with Gasteiger partial charge in [-0.3, -0.25) is 4.79 Å². The van der Waals surface area contributed by atoms with E-state index in [1.807, 2.05) is 6.92 Å². The topological polar surface area (TPSA) is 63.6 Å². The lowest BCUT2D eigenvalue weighted by Crippen LogP contribution is -2.04. The lowest BCUT2D eigenvalue weighted by Gasteiger charge is -2.12. The van der Waals surface area contributed by atoms with Crippen molar-refractivity contribution in [3.8, 4) is 5.75 Å². The van der Waals surface area contributed by atoms with Crippen molar-refractivity contribution in [3.05, 3.63) is 35.4 Å². The Hall–Kier alpha value is -1.81. The van der Waals surface area contributed by atoms with Crippen LogP contribution in [0.15, 0.2) is 24.3 Å². The molecule has 0 aliphatic rings. The molecule has 5 heteroatoms. The highest BCUT2D eigenvalue weighted by Crippen LogP contribution is 2.29. The molecular formula is C14H15ClO4. The molecule has 1 unspecified atom stereocenters. The van der Waals surface area contributed by atoms with Crippen LogP contribution in [0.25, 0.3) is 6.08 Å². The Balaban J connectivity index is 3.21. The van der Waals surface area contributed by atoms with E-state index in [2.05, 4.69) is 0 Å². The van der Waals surface area contributed by atoms with E-state index < -0.39 is 11.3 Å². The third kappa shape index (κ3) is 4.41. The monoisotopic (exact) mass is 282 g/mol. The Morgan fingerprint density at radius 1 is 1.47 bits per heavy atom. The molecule has 1 atom stereocenters. The highest BCUT2D eigenvalue weighted by atomic mass is 35.5. The zero-order valence-electron chi connectivity index (χ0n) is 10.7. The number of carbonyl (C=O) groups is 2. The van der Waals surface area contributed by atoms with Gasteiger partial charge in [0.05, 0.1) is 6.61 Å². The number of alkyl halides is 1. The minimum atomic E-state index is -1.07. The molecule has 0 amide bonds. The average Bonchev–Trinajstić information content (AvgIpc) is 2.36. The van der Waals surface area contributed by atoms with Gasteiger partial charge in [-0.25, -0.2) is 4.79 Å². The number of ketones is 1. The first-order valence-electron chi connectivity index (χ1n) is 5.78. The van der Waals surface area contributed by atoms with E-state index >= 15 is 0 Å². The molecule has 0 aromatic heterocycles. The second-order valence-corrected chi connectivity index (χ2v) is 4.30. The fourth-order valence-corrected chi connectivity index (χ4v) is 1.76. The predicted octanol–water partition coefficient (Wildman–Crippen LogP) is 3.05. The van der Waals surface area contributed by atoms with Gasteiger partial charge < -0.3 is 9.84 Å². The zero-order chi connectivity index (χ0) is 14.4. The van der Waals surface area contributed by atoms with Crippen molar-refractivity contribution >= 4 is 29.4 Å². The normalized spacial score (nSPS) is 12.4. The van der Waals surface area contributed by atoms with Crippen LogP contribution in [0.3, 0.4) is 0 Å². The van der Waals surface area contributed by atoms with Crippen LogP contribution in [0.1, 0.15) is 30.4 Å². The molecule has 0 fully saturated rings. The first-order chi connectivity index (χ1) is 8.95. The summed E-state index contributed by atoms with van der Waals surface area (Å²) in [6.07, 6.45) is 2.40. The summed E-state index contributed by atoms with van der Waals surface area (Å²) in [5.41, 5.74) is 1.12. The van der Waals surface area contributed by atoms with E-state index in [9.17, 15) is 9.59 Å². The van der Waals surface area contributed by atoms with Crippen LogP contribution in [0.5, 0.6) is 5.75 Å². The lowest BCUT2D eigenvalue weighted by molar-refractivity contribution is -0.131. The molecule has 19 heavy (non-hydrogen) atoms. The van der Waals surface area contributed by atoms with Gasteiger partial charge in [0, 0.05) is 6.08 Å². The molecule has 0 saturated heterocycles. The Bertz CT molecular complexity index is 508. The van der Waals surface area contributed by atoms with Gasteiger partial charge in [-0.05, 0) is 43.2 Å². The average molecular weight is 283 g/mol. The van der Waals surface area contributed by atoms with Crippen LogP contribution in [-0.2, 0) is 9.59 Å². The predicted molar refractivity (Wildman–Crippen MR) is 73.6 cm³/mol. The maximum atomic E-state index is 11.3. The number of benzene rings is 1. The van der Waals surface area contributed by atoms with Gasteiger partial charge in [0.25, 0.3) is 0 Å². The standard InChI is InChI=1S/C14H15ClO4/c1-3-19-11-5-6-12(14(15)9(2)16)10(8-11)4-7-13(17)18/h4-8,14H,3H2,1-2H3,(H,17,18). The van der Waals surface area contributed by atoms with Crippen molar-refractivity contribution in [3.63, 3.8) is 0 Å². The van der Waals surface area contributed by atoms with E-state index in [-0.39, 0.29) is 5.78 Å². The summed E-state index contributed by atoms with van der Waals surface area (Å²) in [5.74, 6) is -0.666. The lowest BCUT2D eigenvalue weighted by atomic mass is 10.0. The van der Waals surface area contributed by atoms with Crippen LogP contribution in [-0.4, -0.2) is 23.5 Å².